The van der Waals surface area contributed by atoms with E-state index in [1.807, 2.05) is 6.07 Å². The van der Waals surface area contributed by atoms with Gasteiger partial charge in [0.1, 0.15) is 0 Å². The Labute approximate surface area is 120 Å². The van der Waals surface area contributed by atoms with Crippen LogP contribution in [-0.2, 0) is 4.79 Å². The molecule has 0 unspecified atom stereocenters. The van der Waals surface area contributed by atoms with E-state index < -0.39 is 5.92 Å². The van der Waals surface area contributed by atoms with Crippen LogP contribution in [0.25, 0.3) is 6.08 Å². The standard InChI is InChI=1S/C15H15F2NO3/c16-15(17)5-7-18(8-6-15)14(19)4-2-11-1-3-12-13(9-11)21-10-20-12/h1-4,9H,5-8,10H2. The molecule has 0 spiro atoms. The molecule has 2 aliphatic rings. The summed E-state index contributed by atoms with van der Waals surface area (Å²) in [4.78, 5) is 13.4. The lowest BCUT2D eigenvalue weighted by Crippen LogP contribution is -2.42. The van der Waals surface area contributed by atoms with Gasteiger partial charge in [0.05, 0.1) is 0 Å². The highest BCUT2D eigenvalue weighted by atomic mass is 19.3. The fourth-order valence-electron chi connectivity index (χ4n) is 2.34. The number of hydrogen-bond donors (Lipinski definition) is 0. The van der Waals surface area contributed by atoms with Gasteiger partial charge in [0.25, 0.3) is 5.92 Å². The van der Waals surface area contributed by atoms with Gasteiger partial charge in [-0.1, -0.05) is 6.07 Å². The topological polar surface area (TPSA) is 38.8 Å². The van der Waals surface area contributed by atoms with Gasteiger partial charge in [-0.05, 0) is 23.8 Å². The van der Waals surface area contributed by atoms with Gasteiger partial charge >= 0.3 is 0 Å². The van der Waals surface area contributed by atoms with Gasteiger partial charge in [-0.2, -0.15) is 0 Å². The van der Waals surface area contributed by atoms with Crippen LogP contribution in [0.4, 0.5) is 8.78 Å². The first-order valence-corrected chi connectivity index (χ1v) is 6.78. The number of carbonyl (C=O) groups is 1. The maximum absolute atomic E-state index is 13.0. The summed E-state index contributed by atoms with van der Waals surface area (Å²) in [5, 5.41) is 0. The molecule has 0 aliphatic carbocycles. The lowest BCUT2D eigenvalue weighted by Gasteiger charge is -2.30. The first kappa shape index (κ1) is 13.9. The van der Waals surface area contributed by atoms with Crippen molar-refractivity contribution in [3.63, 3.8) is 0 Å². The summed E-state index contributed by atoms with van der Waals surface area (Å²) in [6.45, 7) is 0.387. The summed E-state index contributed by atoms with van der Waals surface area (Å²) >= 11 is 0. The molecule has 21 heavy (non-hydrogen) atoms. The Bertz CT molecular complexity index is 576. The smallest absolute Gasteiger partial charge is 0.251 e. The van der Waals surface area contributed by atoms with Gasteiger partial charge in [-0.25, -0.2) is 8.78 Å². The summed E-state index contributed by atoms with van der Waals surface area (Å²) in [5.74, 6) is -1.57. The number of halogens is 2. The monoisotopic (exact) mass is 295 g/mol. The zero-order chi connectivity index (χ0) is 14.9. The highest BCUT2D eigenvalue weighted by Crippen LogP contribution is 2.33. The Hall–Kier alpha value is -2.11. The molecule has 0 N–H and O–H groups in total. The minimum Gasteiger partial charge on any atom is -0.454 e. The van der Waals surface area contributed by atoms with E-state index in [2.05, 4.69) is 0 Å². The number of amides is 1. The molecule has 2 aliphatic heterocycles. The molecule has 0 saturated carbocycles. The number of ether oxygens (including phenoxy) is 2. The number of fused-ring (bicyclic) bond motifs is 1. The first-order valence-electron chi connectivity index (χ1n) is 6.78. The van der Waals surface area contributed by atoms with E-state index >= 15 is 0 Å². The van der Waals surface area contributed by atoms with Gasteiger partial charge in [-0.15, -0.1) is 0 Å². The van der Waals surface area contributed by atoms with E-state index in [1.165, 1.54) is 11.0 Å². The molecule has 1 aromatic rings. The molecule has 3 rings (SSSR count). The largest absolute Gasteiger partial charge is 0.454 e. The number of rotatable bonds is 2. The minimum atomic E-state index is -2.64. The van der Waals surface area contributed by atoms with E-state index in [0.29, 0.717) is 11.5 Å². The van der Waals surface area contributed by atoms with E-state index in [4.69, 9.17) is 9.47 Å². The van der Waals surface area contributed by atoms with Gasteiger partial charge in [0.2, 0.25) is 12.7 Å². The van der Waals surface area contributed by atoms with Crippen LogP contribution in [-0.4, -0.2) is 36.6 Å². The number of hydrogen-bond acceptors (Lipinski definition) is 3. The van der Waals surface area contributed by atoms with Crippen molar-refractivity contribution in [2.24, 2.45) is 0 Å². The molecule has 0 aromatic heterocycles. The van der Waals surface area contributed by atoms with Crippen molar-refractivity contribution in [1.82, 2.24) is 4.90 Å². The second-order valence-corrected chi connectivity index (χ2v) is 5.13. The Morgan fingerprint density at radius 3 is 2.67 bits per heavy atom. The van der Waals surface area contributed by atoms with Crippen molar-refractivity contribution >= 4 is 12.0 Å². The predicted octanol–water partition coefficient (Wildman–Crippen LogP) is 2.69. The highest BCUT2D eigenvalue weighted by Gasteiger charge is 2.34. The summed E-state index contributed by atoms with van der Waals surface area (Å²) in [7, 11) is 0. The van der Waals surface area contributed by atoms with Crippen LogP contribution >= 0.6 is 0 Å². The van der Waals surface area contributed by atoms with E-state index in [1.54, 1.807) is 18.2 Å². The molecular weight excluding hydrogens is 280 g/mol. The van der Waals surface area contributed by atoms with Crippen LogP contribution in [0.2, 0.25) is 0 Å². The molecule has 1 amide bonds. The van der Waals surface area contributed by atoms with Crippen molar-refractivity contribution < 1.29 is 23.0 Å². The molecule has 112 valence electrons. The maximum atomic E-state index is 13.0. The third-order valence-electron chi connectivity index (χ3n) is 3.62. The SMILES string of the molecule is O=C(C=Cc1ccc2c(c1)OCO2)N1CCC(F)(F)CC1. The van der Waals surface area contributed by atoms with Crippen LogP contribution in [0.3, 0.4) is 0 Å². The zero-order valence-corrected chi connectivity index (χ0v) is 11.4. The van der Waals surface area contributed by atoms with Gasteiger partial charge < -0.3 is 14.4 Å². The molecular formula is C15H15F2NO3. The van der Waals surface area contributed by atoms with Crippen LogP contribution in [0.1, 0.15) is 18.4 Å². The van der Waals surface area contributed by atoms with Crippen LogP contribution < -0.4 is 9.47 Å². The molecule has 4 nitrogen and oxygen atoms in total. The average molecular weight is 295 g/mol. The number of benzene rings is 1. The molecule has 6 heteroatoms. The highest BCUT2D eigenvalue weighted by molar-refractivity contribution is 5.92. The summed E-state index contributed by atoms with van der Waals surface area (Å²) in [5.41, 5.74) is 0.801. The Morgan fingerprint density at radius 1 is 1.19 bits per heavy atom. The van der Waals surface area contributed by atoms with E-state index in [-0.39, 0.29) is 38.6 Å². The van der Waals surface area contributed by atoms with Gasteiger partial charge in [0.15, 0.2) is 11.5 Å². The third kappa shape index (κ3) is 3.15. The number of carbonyl (C=O) groups excluding carboxylic acids is 1. The second kappa shape index (κ2) is 5.35. The quantitative estimate of drug-likeness (QED) is 0.787. The van der Waals surface area contributed by atoms with Crippen LogP contribution in [0.15, 0.2) is 24.3 Å². The summed E-state index contributed by atoms with van der Waals surface area (Å²) < 4.78 is 36.5. The number of nitrogens with zero attached hydrogens (tertiary/aromatic N) is 1. The summed E-state index contributed by atoms with van der Waals surface area (Å²) in [6, 6.07) is 5.35. The lowest BCUT2D eigenvalue weighted by atomic mass is 10.1. The molecule has 1 fully saturated rings. The van der Waals surface area contributed by atoms with Crippen molar-refractivity contribution in [1.29, 1.82) is 0 Å². The fourth-order valence-corrected chi connectivity index (χ4v) is 2.34. The summed E-state index contributed by atoms with van der Waals surface area (Å²) in [6.07, 6.45) is 2.52. The molecule has 0 radical (unpaired) electrons. The molecule has 0 bridgehead atoms. The van der Waals surface area contributed by atoms with Crippen molar-refractivity contribution in [3.8, 4) is 11.5 Å². The zero-order valence-electron chi connectivity index (χ0n) is 11.4. The minimum absolute atomic E-state index is 0.0946. The van der Waals surface area contributed by atoms with Crippen molar-refractivity contribution in [3.05, 3.63) is 29.8 Å². The fraction of sp³-hybridized carbons (Fsp3) is 0.400. The van der Waals surface area contributed by atoms with Gasteiger partial charge in [-0.3, -0.25) is 4.79 Å². The Morgan fingerprint density at radius 2 is 1.90 bits per heavy atom. The third-order valence-corrected chi connectivity index (χ3v) is 3.62. The van der Waals surface area contributed by atoms with Gasteiger partial charge in [0, 0.05) is 32.0 Å². The van der Waals surface area contributed by atoms with Crippen LogP contribution in [0, 0.1) is 0 Å². The molecule has 1 saturated heterocycles. The molecule has 2 heterocycles. The Balaban J connectivity index is 1.62. The first-order chi connectivity index (χ1) is 10.0. The normalized spacial score (nSPS) is 20.0. The predicted molar refractivity (Wildman–Crippen MR) is 72.4 cm³/mol. The second-order valence-electron chi connectivity index (χ2n) is 5.13. The number of alkyl halides is 2. The maximum Gasteiger partial charge on any atom is 0.251 e. The van der Waals surface area contributed by atoms with E-state index in [0.717, 1.165) is 5.56 Å². The van der Waals surface area contributed by atoms with Crippen molar-refractivity contribution in [2.75, 3.05) is 19.9 Å². The molecule has 0 atom stereocenters. The van der Waals surface area contributed by atoms with Crippen LogP contribution in [0.5, 0.6) is 11.5 Å². The molecule has 1 aromatic carbocycles. The van der Waals surface area contributed by atoms with Crippen molar-refractivity contribution in [2.45, 2.75) is 18.8 Å². The Kier molecular flexibility index (Phi) is 3.53. The number of likely N-dealkylation sites (tertiary alicyclic amines) is 1. The average Bonchev–Trinajstić information content (AvgIpc) is 2.92. The lowest BCUT2D eigenvalue weighted by molar-refractivity contribution is -0.132. The number of piperidine rings is 1. The van der Waals surface area contributed by atoms with E-state index in [9.17, 15) is 13.6 Å².